The van der Waals surface area contributed by atoms with Gasteiger partial charge in [-0.3, -0.25) is 19.3 Å². The zero-order valence-corrected chi connectivity index (χ0v) is 24.7. The molecule has 2 N–H and O–H groups in total. The van der Waals surface area contributed by atoms with Gasteiger partial charge < -0.3 is 10.6 Å². The number of likely N-dealkylation sites (N-methyl/N-ethyl adjacent to an activating group) is 1. The van der Waals surface area contributed by atoms with Gasteiger partial charge in [-0.25, -0.2) is 9.07 Å². The topological polar surface area (TPSA) is 120 Å². The molecule has 0 bridgehead atoms. The Bertz CT molecular complexity index is 1820. The molecule has 2 heterocycles. The molecule has 1 unspecified atom stereocenters. The number of amides is 3. The van der Waals surface area contributed by atoms with Crippen molar-refractivity contribution >= 4 is 23.5 Å². The maximum atomic E-state index is 14.3. The molecule has 0 radical (unpaired) electrons. The van der Waals surface area contributed by atoms with Crippen LogP contribution in [0.5, 0.6) is 0 Å². The van der Waals surface area contributed by atoms with Crippen molar-refractivity contribution in [1.82, 2.24) is 20.4 Å². The molecule has 0 spiro atoms. The third-order valence-electron chi connectivity index (χ3n) is 7.71. The lowest BCUT2D eigenvalue weighted by molar-refractivity contribution is -0.137. The van der Waals surface area contributed by atoms with E-state index < -0.39 is 53.2 Å². The number of nitriles is 1. The predicted molar refractivity (Wildman–Crippen MR) is 159 cm³/mol. The number of benzene rings is 3. The van der Waals surface area contributed by atoms with Crippen LogP contribution in [0.4, 0.5) is 23.4 Å². The van der Waals surface area contributed by atoms with E-state index in [9.17, 15) is 37.2 Å². The second-order valence-electron chi connectivity index (χ2n) is 10.6. The number of carbonyl (C=O) groups is 3. The zero-order chi connectivity index (χ0) is 33.2. The van der Waals surface area contributed by atoms with E-state index in [-0.39, 0.29) is 18.7 Å². The Morgan fingerprint density at radius 1 is 1.04 bits per heavy atom. The monoisotopic (exact) mass is 632 g/mol. The van der Waals surface area contributed by atoms with Crippen molar-refractivity contribution in [3.63, 3.8) is 0 Å². The summed E-state index contributed by atoms with van der Waals surface area (Å²) in [6, 6.07) is 18.5. The lowest BCUT2D eigenvalue weighted by atomic mass is 9.80. The van der Waals surface area contributed by atoms with Gasteiger partial charge in [-0.05, 0) is 61.9 Å². The summed E-state index contributed by atoms with van der Waals surface area (Å²) >= 11 is 0. The minimum absolute atomic E-state index is 0.119. The van der Waals surface area contributed by atoms with Crippen LogP contribution in [-0.4, -0.2) is 40.1 Å². The fraction of sp³-hybridized carbons (Fsp3) is 0.242. The van der Waals surface area contributed by atoms with Crippen LogP contribution < -0.4 is 15.5 Å². The number of nitrogens with zero attached hydrogens (tertiary/aromatic N) is 4. The van der Waals surface area contributed by atoms with Crippen LogP contribution in [-0.2, 0) is 22.3 Å². The van der Waals surface area contributed by atoms with Crippen molar-refractivity contribution in [2.24, 2.45) is 5.92 Å². The Morgan fingerprint density at radius 3 is 2.37 bits per heavy atom. The van der Waals surface area contributed by atoms with Gasteiger partial charge in [0.2, 0.25) is 5.91 Å². The Hall–Kier alpha value is -5.51. The molecule has 0 saturated heterocycles. The van der Waals surface area contributed by atoms with Crippen molar-refractivity contribution in [2.45, 2.75) is 38.5 Å². The van der Waals surface area contributed by atoms with E-state index in [1.54, 1.807) is 37.3 Å². The Balaban J connectivity index is 1.69. The molecule has 0 fully saturated rings. The molecule has 5 rings (SSSR count). The van der Waals surface area contributed by atoms with Crippen molar-refractivity contribution in [2.75, 3.05) is 11.4 Å². The second-order valence-corrected chi connectivity index (χ2v) is 10.6. The molecule has 3 aromatic carbocycles. The maximum Gasteiger partial charge on any atom is 0.416 e. The van der Waals surface area contributed by atoms with Crippen LogP contribution in [0.25, 0.3) is 5.69 Å². The van der Waals surface area contributed by atoms with Crippen molar-refractivity contribution < 1.29 is 31.9 Å². The maximum absolute atomic E-state index is 14.3. The molecule has 236 valence electrons. The Morgan fingerprint density at radius 2 is 1.74 bits per heavy atom. The van der Waals surface area contributed by atoms with Gasteiger partial charge in [0, 0.05) is 23.6 Å². The molecule has 9 nitrogen and oxygen atoms in total. The number of hydrogen-bond acceptors (Lipinski definition) is 5. The van der Waals surface area contributed by atoms with Gasteiger partial charge in [0.1, 0.15) is 23.6 Å². The van der Waals surface area contributed by atoms with Crippen molar-refractivity contribution in [3.8, 4) is 11.8 Å². The van der Waals surface area contributed by atoms with E-state index in [0.29, 0.717) is 34.4 Å². The predicted octanol–water partition coefficient (Wildman–Crippen LogP) is 5.10. The molecule has 3 amide bonds. The number of alkyl halides is 3. The summed E-state index contributed by atoms with van der Waals surface area (Å²) in [7, 11) is 0. The number of para-hydroxylation sites is 1. The van der Waals surface area contributed by atoms with E-state index >= 15 is 0 Å². The van der Waals surface area contributed by atoms with Gasteiger partial charge in [-0.2, -0.15) is 23.5 Å². The van der Waals surface area contributed by atoms with Crippen LogP contribution in [0, 0.1) is 23.1 Å². The van der Waals surface area contributed by atoms with E-state index in [0.717, 1.165) is 12.1 Å². The largest absolute Gasteiger partial charge is 0.416 e. The Labute approximate surface area is 261 Å². The third kappa shape index (κ3) is 6.19. The average Bonchev–Trinajstić information content (AvgIpc) is 3.43. The highest BCUT2D eigenvalue weighted by Gasteiger charge is 2.46. The van der Waals surface area contributed by atoms with E-state index in [1.807, 2.05) is 6.07 Å². The first-order chi connectivity index (χ1) is 21.9. The van der Waals surface area contributed by atoms with E-state index in [4.69, 9.17) is 5.10 Å². The summed E-state index contributed by atoms with van der Waals surface area (Å²) in [5.74, 6) is -4.23. The SMILES string of the molecule is CCN1C(=O)[C@H](NC(=O)c2cccc(C(F)(F)F)c2)[C@H](c2ccc(F)cc2)c2c(CNC(=O)C(C)C#N)nn(-c3ccccc3)c21. The molecule has 4 aromatic rings. The van der Waals surface area contributed by atoms with Gasteiger partial charge in [0.05, 0.1) is 29.6 Å². The molecule has 1 aromatic heterocycles. The fourth-order valence-corrected chi connectivity index (χ4v) is 5.43. The molecular formula is C33H28F4N6O3. The molecule has 1 aliphatic rings. The van der Waals surface area contributed by atoms with Crippen LogP contribution in [0.1, 0.15) is 52.5 Å². The first kappa shape index (κ1) is 31.9. The van der Waals surface area contributed by atoms with Crippen LogP contribution >= 0.6 is 0 Å². The summed E-state index contributed by atoms with van der Waals surface area (Å²) < 4.78 is 56.0. The summed E-state index contributed by atoms with van der Waals surface area (Å²) in [5, 5.41) is 19.3. The highest BCUT2D eigenvalue weighted by Crippen LogP contribution is 2.44. The molecule has 0 saturated carbocycles. The second kappa shape index (κ2) is 12.8. The number of nitrogens with one attached hydrogen (secondary N) is 2. The summed E-state index contributed by atoms with van der Waals surface area (Å²) in [6.07, 6.45) is -4.70. The molecule has 3 atom stereocenters. The molecule has 1 aliphatic heterocycles. The van der Waals surface area contributed by atoms with Crippen LogP contribution in [0.3, 0.4) is 0 Å². The van der Waals surface area contributed by atoms with Gasteiger partial charge in [-0.1, -0.05) is 36.4 Å². The average molecular weight is 633 g/mol. The molecular weight excluding hydrogens is 604 g/mol. The minimum atomic E-state index is -4.70. The highest BCUT2D eigenvalue weighted by atomic mass is 19.4. The van der Waals surface area contributed by atoms with Crippen molar-refractivity contribution in [1.29, 1.82) is 5.26 Å². The molecule has 46 heavy (non-hydrogen) atoms. The van der Waals surface area contributed by atoms with Gasteiger partial charge >= 0.3 is 6.18 Å². The quantitative estimate of drug-likeness (QED) is 0.262. The number of fused-ring (bicyclic) bond motifs is 1. The third-order valence-corrected chi connectivity index (χ3v) is 7.71. The number of rotatable bonds is 8. The van der Waals surface area contributed by atoms with Gasteiger partial charge in [0.15, 0.2) is 0 Å². The fourth-order valence-electron chi connectivity index (χ4n) is 5.43. The minimum Gasteiger partial charge on any atom is -0.349 e. The molecule has 0 aliphatic carbocycles. The lowest BCUT2D eigenvalue weighted by Crippen LogP contribution is -2.55. The molecule has 13 heteroatoms. The summed E-state index contributed by atoms with van der Waals surface area (Å²) in [5.41, 5.74) is 0.375. The smallest absolute Gasteiger partial charge is 0.349 e. The van der Waals surface area contributed by atoms with Crippen LogP contribution in [0.15, 0.2) is 78.9 Å². The number of carbonyl (C=O) groups excluding carboxylic acids is 3. The summed E-state index contributed by atoms with van der Waals surface area (Å²) in [4.78, 5) is 41.8. The first-order valence-electron chi connectivity index (χ1n) is 14.3. The Kier molecular flexibility index (Phi) is 8.91. The number of aromatic nitrogens is 2. The van der Waals surface area contributed by atoms with Crippen LogP contribution in [0.2, 0.25) is 0 Å². The lowest BCUT2D eigenvalue weighted by Gasteiger charge is -2.38. The van der Waals surface area contributed by atoms with E-state index in [2.05, 4.69) is 10.6 Å². The van der Waals surface area contributed by atoms with Gasteiger partial charge in [-0.15, -0.1) is 0 Å². The number of halogens is 4. The van der Waals surface area contributed by atoms with Gasteiger partial charge in [0.25, 0.3) is 11.8 Å². The highest BCUT2D eigenvalue weighted by molar-refractivity contribution is 6.05. The number of anilines is 1. The van der Waals surface area contributed by atoms with Crippen molar-refractivity contribution in [3.05, 3.63) is 113 Å². The zero-order valence-electron chi connectivity index (χ0n) is 24.7. The number of hydrogen-bond donors (Lipinski definition) is 2. The normalized spacial score (nSPS) is 16.7. The first-order valence-corrected chi connectivity index (χ1v) is 14.3. The summed E-state index contributed by atoms with van der Waals surface area (Å²) in [6.45, 7) is 3.11. The standard InChI is InChI=1S/C33H28F4N6O3/c1-3-42-31-27(25(18-39-29(44)19(2)17-38)41-43(31)24-10-5-4-6-11-24)26(20-12-14-23(34)15-13-20)28(32(42)46)40-30(45)21-8-7-9-22(16-21)33(35,36)37/h4-16,19,26,28H,3,18H2,1-2H3,(H,39,44)(H,40,45)/t19?,26-,28-/m1/s1. The van der Waals surface area contributed by atoms with E-state index in [1.165, 1.54) is 46.8 Å².